The zero-order chi connectivity index (χ0) is 36.2. The summed E-state index contributed by atoms with van der Waals surface area (Å²) < 4.78 is 47.1. The molecule has 0 bridgehead atoms. The van der Waals surface area contributed by atoms with Crippen molar-refractivity contribution in [3.63, 3.8) is 0 Å². The fourth-order valence-corrected chi connectivity index (χ4v) is 5.56. The minimum atomic E-state index is -4.36. The summed E-state index contributed by atoms with van der Waals surface area (Å²) in [6, 6.07) is 27.6. The Morgan fingerprint density at radius 1 is 0.577 bits per heavy atom. The van der Waals surface area contributed by atoms with Gasteiger partial charge in [-0.3, -0.25) is 8.80 Å². The number of nitrogens with zero attached hydrogens (tertiary/aromatic N) is 8. The van der Waals surface area contributed by atoms with Gasteiger partial charge in [0.2, 0.25) is 0 Å². The van der Waals surface area contributed by atoms with E-state index in [1.165, 1.54) is 12.1 Å². The topological polar surface area (TPSA) is 119 Å². The van der Waals surface area contributed by atoms with Crippen molar-refractivity contribution < 1.29 is 17.9 Å². The SMILES string of the molecule is COc1ccc(Nc2ccnc(-c3c(C)nc4ccccn34)n2)cc1.Cc1nc2ccccn2c1-c1nccc(Nc2ccc(C(F)(F)F)cc2)n1. The van der Waals surface area contributed by atoms with Crippen molar-refractivity contribution in [3.05, 3.63) is 139 Å². The predicted octanol–water partition coefficient (Wildman–Crippen LogP) is 8.71. The molecule has 0 fully saturated rings. The lowest BCUT2D eigenvalue weighted by Crippen LogP contribution is -2.04. The fraction of sp³-hybridized carbons (Fsp3) is 0.105. The lowest BCUT2D eigenvalue weighted by molar-refractivity contribution is -0.137. The van der Waals surface area contributed by atoms with E-state index < -0.39 is 11.7 Å². The summed E-state index contributed by atoms with van der Waals surface area (Å²) in [4.78, 5) is 26.9. The number of aromatic nitrogens is 8. The third-order valence-electron chi connectivity index (χ3n) is 7.99. The van der Waals surface area contributed by atoms with Gasteiger partial charge < -0.3 is 15.4 Å². The van der Waals surface area contributed by atoms with Gasteiger partial charge in [0.15, 0.2) is 11.6 Å². The van der Waals surface area contributed by atoms with Crippen molar-refractivity contribution in [2.45, 2.75) is 20.0 Å². The van der Waals surface area contributed by atoms with Crippen LogP contribution in [0.25, 0.3) is 34.3 Å². The minimum absolute atomic E-state index is 0.475. The molecule has 0 radical (unpaired) electrons. The van der Waals surface area contributed by atoms with E-state index >= 15 is 0 Å². The van der Waals surface area contributed by atoms with Crippen molar-refractivity contribution in [3.8, 4) is 28.8 Å². The zero-order valence-electron chi connectivity index (χ0n) is 28.2. The Balaban J connectivity index is 0.000000162. The summed E-state index contributed by atoms with van der Waals surface area (Å²) in [5.41, 5.74) is 5.75. The quantitative estimate of drug-likeness (QED) is 0.168. The number of fused-ring (bicyclic) bond motifs is 2. The van der Waals surface area contributed by atoms with Crippen LogP contribution in [0.2, 0.25) is 0 Å². The van der Waals surface area contributed by atoms with E-state index in [0.29, 0.717) is 23.2 Å². The molecule has 260 valence electrons. The van der Waals surface area contributed by atoms with Crippen LogP contribution in [0.4, 0.5) is 36.2 Å². The number of imidazole rings is 2. The van der Waals surface area contributed by atoms with Gasteiger partial charge in [0.25, 0.3) is 0 Å². The molecule has 0 amide bonds. The standard InChI is InChI=1S/C19H14F3N5.C19H17N5O/c1-12-17(27-11-3-2-4-16(27)24-12)18-23-10-9-15(26-18)25-14-7-5-13(6-8-14)19(20,21)22;1-13-18(24-12-4-3-5-17(24)21-13)19-20-11-10-16(23-19)22-14-6-8-15(25-2)9-7-14/h2-11H,1H3,(H,23,25,26);3-12H,1-2H3,(H,20,22,23). The molecular formula is C38H31F3N10O. The molecule has 11 nitrogen and oxygen atoms in total. The molecule has 52 heavy (non-hydrogen) atoms. The Morgan fingerprint density at radius 3 is 1.48 bits per heavy atom. The van der Waals surface area contributed by atoms with Gasteiger partial charge in [-0.2, -0.15) is 13.2 Å². The van der Waals surface area contributed by atoms with Crippen LogP contribution in [0.3, 0.4) is 0 Å². The molecule has 8 rings (SSSR count). The van der Waals surface area contributed by atoms with Gasteiger partial charge >= 0.3 is 6.18 Å². The predicted molar refractivity (Wildman–Crippen MR) is 193 cm³/mol. The lowest BCUT2D eigenvalue weighted by atomic mass is 10.2. The van der Waals surface area contributed by atoms with Gasteiger partial charge in [-0.1, -0.05) is 12.1 Å². The average Bonchev–Trinajstić information content (AvgIpc) is 3.67. The second-order valence-electron chi connectivity index (χ2n) is 11.5. The van der Waals surface area contributed by atoms with Crippen LogP contribution in [-0.2, 0) is 6.18 Å². The highest BCUT2D eigenvalue weighted by Gasteiger charge is 2.30. The maximum atomic E-state index is 12.7. The summed E-state index contributed by atoms with van der Waals surface area (Å²) >= 11 is 0. The molecule has 0 atom stereocenters. The highest BCUT2D eigenvalue weighted by molar-refractivity contribution is 5.65. The Bertz CT molecular complexity index is 2480. The molecule has 0 saturated heterocycles. The lowest BCUT2D eigenvalue weighted by Gasteiger charge is -2.10. The Kier molecular flexibility index (Phi) is 9.18. The first-order valence-corrected chi connectivity index (χ1v) is 16.1. The molecule has 6 heterocycles. The smallest absolute Gasteiger partial charge is 0.416 e. The molecule has 0 aliphatic heterocycles. The van der Waals surface area contributed by atoms with Gasteiger partial charge in [0.05, 0.1) is 24.1 Å². The number of anilines is 4. The second kappa shape index (κ2) is 14.2. The molecule has 6 aromatic heterocycles. The molecule has 2 aromatic carbocycles. The van der Waals surface area contributed by atoms with E-state index in [1.807, 2.05) is 102 Å². The molecule has 14 heteroatoms. The third kappa shape index (κ3) is 7.21. The van der Waals surface area contributed by atoms with Crippen LogP contribution < -0.4 is 15.4 Å². The summed E-state index contributed by atoms with van der Waals surface area (Å²) in [6.45, 7) is 3.84. The van der Waals surface area contributed by atoms with Crippen LogP contribution >= 0.6 is 0 Å². The molecule has 2 N–H and O–H groups in total. The van der Waals surface area contributed by atoms with E-state index in [0.717, 1.165) is 63.5 Å². The number of rotatable bonds is 7. The number of nitrogens with one attached hydrogen (secondary N) is 2. The van der Waals surface area contributed by atoms with Crippen molar-refractivity contribution in [1.29, 1.82) is 0 Å². The first-order valence-electron chi connectivity index (χ1n) is 16.1. The third-order valence-corrected chi connectivity index (χ3v) is 7.99. The molecule has 0 unspecified atom stereocenters. The molecule has 0 aliphatic carbocycles. The Hall–Kier alpha value is -6.83. The summed E-state index contributed by atoms with van der Waals surface area (Å²) in [5.74, 6) is 3.12. The second-order valence-corrected chi connectivity index (χ2v) is 11.5. The van der Waals surface area contributed by atoms with Crippen LogP contribution in [-0.4, -0.2) is 45.8 Å². The van der Waals surface area contributed by atoms with Crippen molar-refractivity contribution in [2.24, 2.45) is 0 Å². The summed E-state index contributed by atoms with van der Waals surface area (Å²) in [6.07, 6.45) is 2.83. The minimum Gasteiger partial charge on any atom is -0.497 e. The van der Waals surface area contributed by atoms with E-state index in [-0.39, 0.29) is 0 Å². The van der Waals surface area contributed by atoms with Gasteiger partial charge in [-0.05, 0) is 98.8 Å². The Labute approximate surface area is 295 Å². The number of benzene rings is 2. The van der Waals surface area contributed by atoms with Gasteiger partial charge in [-0.15, -0.1) is 0 Å². The van der Waals surface area contributed by atoms with Crippen LogP contribution in [0.15, 0.2) is 122 Å². The van der Waals surface area contributed by atoms with E-state index in [9.17, 15) is 13.2 Å². The molecular weight excluding hydrogens is 669 g/mol. The number of pyridine rings is 2. The number of alkyl halides is 3. The number of aryl methyl sites for hydroxylation is 2. The van der Waals surface area contributed by atoms with E-state index in [1.54, 1.807) is 25.6 Å². The van der Waals surface area contributed by atoms with Crippen molar-refractivity contribution in [2.75, 3.05) is 17.7 Å². The van der Waals surface area contributed by atoms with Gasteiger partial charge in [0.1, 0.15) is 40.1 Å². The van der Waals surface area contributed by atoms with Gasteiger partial charge in [0, 0.05) is 36.2 Å². The highest BCUT2D eigenvalue weighted by Crippen LogP contribution is 2.31. The maximum absolute atomic E-state index is 12.7. The fourth-order valence-electron chi connectivity index (χ4n) is 5.56. The number of hydrogen-bond donors (Lipinski definition) is 2. The number of hydrogen-bond acceptors (Lipinski definition) is 9. The van der Waals surface area contributed by atoms with Crippen LogP contribution in [0.5, 0.6) is 5.75 Å². The van der Waals surface area contributed by atoms with Crippen molar-refractivity contribution >= 4 is 34.3 Å². The summed E-state index contributed by atoms with van der Waals surface area (Å²) in [7, 11) is 1.65. The number of halogens is 3. The zero-order valence-corrected chi connectivity index (χ0v) is 28.2. The monoisotopic (exact) mass is 700 g/mol. The van der Waals surface area contributed by atoms with Crippen molar-refractivity contribution in [1.82, 2.24) is 38.7 Å². The molecule has 0 aliphatic rings. The first-order chi connectivity index (χ1) is 25.2. The first kappa shape index (κ1) is 33.7. The van der Waals surface area contributed by atoms with Crippen LogP contribution in [0, 0.1) is 13.8 Å². The summed E-state index contributed by atoms with van der Waals surface area (Å²) in [5, 5.41) is 6.29. The van der Waals surface area contributed by atoms with Crippen LogP contribution in [0.1, 0.15) is 17.0 Å². The number of ether oxygens (including phenoxy) is 1. The van der Waals surface area contributed by atoms with Gasteiger partial charge in [-0.25, -0.2) is 29.9 Å². The normalized spacial score (nSPS) is 11.3. The molecule has 0 saturated carbocycles. The maximum Gasteiger partial charge on any atom is 0.416 e. The number of methoxy groups -OCH3 is 1. The average molecular weight is 701 g/mol. The van der Waals surface area contributed by atoms with E-state index in [4.69, 9.17) is 4.74 Å². The van der Waals surface area contributed by atoms with E-state index in [2.05, 4.69) is 40.5 Å². The largest absolute Gasteiger partial charge is 0.497 e. The molecule has 0 spiro atoms. The molecule has 8 aromatic rings. The Morgan fingerprint density at radius 2 is 1.04 bits per heavy atom. The highest BCUT2D eigenvalue weighted by atomic mass is 19.4.